The summed E-state index contributed by atoms with van der Waals surface area (Å²) in [7, 11) is 0. The molecule has 3 nitrogen and oxygen atoms in total. The topological polar surface area (TPSA) is 29.3 Å². The van der Waals surface area contributed by atoms with Gasteiger partial charge in [-0.2, -0.15) is 0 Å². The Morgan fingerprint density at radius 3 is 2.15 bits per heavy atom. The van der Waals surface area contributed by atoms with E-state index in [0.29, 0.717) is 5.89 Å². The lowest BCUT2D eigenvalue weighted by atomic mass is 10.0. The minimum atomic E-state index is 0.656. The Morgan fingerprint density at radius 2 is 1.29 bits per heavy atom. The molecule has 0 aliphatic carbocycles. The molecule has 0 N–H and O–H groups in total. The van der Waals surface area contributed by atoms with E-state index in [-0.39, 0.29) is 0 Å². The third kappa shape index (κ3) is 4.08. The summed E-state index contributed by atoms with van der Waals surface area (Å²) in [4.78, 5) is 7.17. The van der Waals surface area contributed by atoms with Crippen LogP contribution >= 0.6 is 11.3 Å². The van der Waals surface area contributed by atoms with Crippen LogP contribution in [0, 0.1) is 0 Å². The molecule has 0 saturated heterocycles. The van der Waals surface area contributed by atoms with E-state index in [1.54, 1.807) is 11.3 Å². The van der Waals surface area contributed by atoms with Crippen molar-refractivity contribution in [1.82, 2.24) is 4.98 Å². The van der Waals surface area contributed by atoms with Gasteiger partial charge >= 0.3 is 0 Å². The molecule has 2 aromatic heterocycles. The summed E-state index contributed by atoms with van der Waals surface area (Å²) in [6, 6.07) is 50.9. The standard InChI is InChI=1S/C37H24N2OS/c1-3-12-25(13-4-1)28-16-7-9-19-32(28)39(26-14-5-2-6-15-26)27-22-23-29-35(24-27)41-34-21-11-17-30(36(29)34)37-38-31-18-8-10-20-33(31)40-37/h1-24H. The Morgan fingerprint density at radius 1 is 0.561 bits per heavy atom. The maximum Gasteiger partial charge on any atom is 0.227 e. The molecule has 0 aliphatic rings. The van der Waals surface area contributed by atoms with Gasteiger partial charge in [0, 0.05) is 42.7 Å². The molecule has 4 heteroatoms. The van der Waals surface area contributed by atoms with Gasteiger partial charge < -0.3 is 9.32 Å². The fourth-order valence-corrected chi connectivity index (χ4v) is 6.82. The highest BCUT2D eigenvalue weighted by Crippen LogP contribution is 2.45. The number of fused-ring (bicyclic) bond motifs is 4. The number of anilines is 3. The predicted molar refractivity (Wildman–Crippen MR) is 172 cm³/mol. The first kappa shape index (κ1) is 23.7. The quantitative estimate of drug-likeness (QED) is 0.216. The molecule has 0 unspecified atom stereocenters. The van der Waals surface area contributed by atoms with Gasteiger partial charge in [-0.1, -0.05) is 91.0 Å². The molecule has 8 rings (SSSR count). The lowest BCUT2D eigenvalue weighted by Crippen LogP contribution is -2.11. The molecule has 0 radical (unpaired) electrons. The van der Waals surface area contributed by atoms with Crippen LogP contribution in [0.15, 0.2) is 150 Å². The van der Waals surface area contributed by atoms with Crippen LogP contribution in [0.3, 0.4) is 0 Å². The summed E-state index contributed by atoms with van der Waals surface area (Å²) in [5.74, 6) is 0.656. The minimum absolute atomic E-state index is 0.656. The highest BCUT2D eigenvalue weighted by molar-refractivity contribution is 7.26. The maximum atomic E-state index is 6.20. The first-order valence-corrected chi connectivity index (χ1v) is 14.5. The SMILES string of the molecule is c1ccc(-c2ccccc2N(c2ccccc2)c2ccc3c(c2)sc2cccc(-c4nc5ccccc5o4)c23)cc1. The van der Waals surface area contributed by atoms with E-state index in [2.05, 4.69) is 126 Å². The summed E-state index contributed by atoms with van der Waals surface area (Å²) < 4.78 is 8.64. The van der Waals surface area contributed by atoms with Crippen LogP contribution in [0.5, 0.6) is 0 Å². The molecule has 194 valence electrons. The monoisotopic (exact) mass is 544 g/mol. The number of hydrogen-bond acceptors (Lipinski definition) is 4. The fraction of sp³-hybridized carbons (Fsp3) is 0. The third-order valence-corrected chi connectivity index (χ3v) is 8.63. The zero-order chi connectivity index (χ0) is 27.2. The number of nitrogens with zero attached hydrogens (tertiary/aromatic N) is 2. The summed E-state index contributed by atoms with van der Waals surface area (Å²) in [5.41, 5.74) is 8.44. The summed E-state index contributed by atoms with van der Waals surface area (Å²) in [5, 5.41) is 2.39. The van der Waals surface area contributed by atoms with Crippen LogP contribution in [0.1, 0.15) is 0 Å². The number of aromatic nitrogens is 1. The van der Waals surface area contributed by atoms with Crippen LogP contribution in [-0.2, 0) is 0 Å². The number of para-hydroxylation sites is 4. The highest BCUT2D eigenvalue weighted by Gasteiger charge is 2.20. The van der Waals surface area contributed by atoms with Crippen LogP contribution in [0.25, 0.3) is 53.9 Å². The zero-order valence-electron chi connectivity index (χ0n) is 22.1. The summed E-state index contributed by atoms with van der Waals surface area (Å²) in [6.45, 7) is 0. The summed E-state index contributed by atoms with van der Waals surface area (Å²) in [6.07, 6.45) is 0. The summed E-state index contributed by atoms with van der Waals surface area (Å²) >= 11 is 1.80. The van der Waals surface area contributed by atoms with Crippen LogP contribution in [0.2, 0.25) is 0 Å². The molecular formula is C37H24N2OS. The van der Waals surface area contributed by atoms with E-state index >= 15 is 0 Å². The van der Waals surface area contributed by atoms with Gasteiger partial charge in [-0.25, -0.2) is 4.98 Å². The van der Waals surface area contributed by atoms with Crippen molar-refractivity contribution in [2.75, 3.05) is 4.90 Å². The van der Waals surface area contributed by atoms with Crippen molar-refractivity contribution >= 4 is 59.7 Å². The smallest absolute Gasteiger partial charge is 0.227 e. The second-order valence-electron chi connectivity index (χ2n) is 10.0. The number of thiophene rings is 1. The number of hydrogen-bond donors (Lipinski definition) is 0. The van der Waals surface area contributed by atoms with Crippen molar-refractivity contribution in [3.63, 3.8) is 0 Å². The van der Waals surface area contributed by atoms with Gasteiger partial charge in [0.05, 0.1) is 5.69 Å². The molecule has 0 aliphatic heterocycles. The average molecular weight is 545 g/mol. The van der Waals surface area contributed by atoms with Crippen molar-refractivity contribution in [1.29, 1.82) is 0 Å². The van der Waals surface area contributed by atoms with Gasteiger partial charge in [0.25, 0.3) is 0 Å². The molecule has 6 aromatic carbocycles. The van der Waals surface area contributed by atoms with E-state index in [9.17, 15) is 0 Å². The number of oxazole rings is 1. The van der Waals surface area contributed by atoms with Gasteiger partial charge in [-0.3, -0.25) is 0 Å². The van der Waals surface area contributed by atoms with Crippen molar-refractivity contribution < 1.29 is 4.42 Å². The Labute approximate surface area is 241 Å². The van der Waals surface area contributed by atoms with Crippen molar-refractivity contribution in [3.05, 3.63) is 146 Å². The highest BCUT2D eigenvalue weighted by atomic mass is 32.1. The molecule has 8 aromatic rings. The molecule has 0 fully saturated rings. The molecule has 0 spiro atoms. The van der Waals surface area contributed by atoms with Crippen molar-refractivity contribution in [2.24, 2.45) is 0 Å². The molecule has 0 atom stereocenters. The second-order valence-corrected chi connectivity index (χ2v) is 11.1. The molecule has 0 bridgehead atoms. The second kappa shape index (κ2) is 9.77. The van der Waals surface area contributed by atoms with Crippen molar-refractivity contribution in [2.45, 2.75) is 0 Å². The van der Waals surface area contributed by atoms with Crippen LogP contribution in [-0.4, -0.2) is 4.98 Å². The Bertz CT molecular complexity index is 2130. The average Bonchev–Trinajstić information content (AvgIpc) is 3.64. The van der Waals surface area contributed by atoms with E-state index in [1.165, 1.54) is 31.3 Å². The lowest BCUT2D eigenvalue weighted by Gasteiger charge is -2.28. The van der Waals surface area contributed by atoms with E-state index in [0.717, 1.165) is 33.7 Å². The fourth-order valence-electron chi connectivity index (χ4n) is 5.65. The zero-order valence-corrected chi connectivity index (χ0v) is 22.9. The molecule has 2 heterocycles. The van der Waals surface area contributed by atoms with Crippen molar-refractivity contribution in [3.8, 4) is 22.6 Å². The first-order valence-electron chi connectivity index (χ1n) is 13.6. The number of rotatable bonds is 5. The Balaban J connectivity index is 1.32. The van der Waals surface area contributed by atoms with Gasteiger partial charge in [0.15, 0.2) is 5.58 Å². The Hall–Kier alpha value is -5.19. The number of benzene rings is 6. The van der Waals surface area contributed by atoms with Gasteiger partial charge in [-0.15, -0.1) is 11.3 Å². The third-order valence-electron chi connectivity index (χ3n) is 7.51. The molecule has 41 heavy (non-hydrogen) atoms. The van der Waals surface area contributed by atoms with Gasteiger partial charge in [0.2, 0.25) is 5.89 Å². The molecular weight excluding hydrogens is 520 g/mol. The molecule has 0 amide bonds. The van der Waals surface area contributed by atoms with E-state index < -0.39 is 0 Å². The first-order chi connectivity index (χ1) is 20.3. The lowest BCUT2D eigenvalue weighted by molar-refractivity contribution is 0.620. The maximum absolute atomic E-state index is 6.20. The van der Waals surface area contributed by atoms with E-state index in [1.807, 2.05) is 24.3 Å². The Kier molecular flexibility index (Phi) is 5.64. The normalized spacial score (nSPS) is 11.4. The van der Waals surface area contributed by atoms with Gasteiger partial charge in [-0.05, 0) is 60.2 Å². The van der Waals surface area contributed by atoms with Gasteiger partial charge in [0.1, 0.15) is 5.52 Å². The predicted octanol–water partition coefficient (Wildman–Crippen LogP) is 11.0. The minimum Gasteiger partial charge on any atom is -0.436 e. The largest absolute Gasteiger partial charge is 0.436 e. The van der Waals surface area contributed by atoms with E-state index in [4.69, 9.17) is 9.40 Å². The molecule has 0 saturated carbocycles. The van der Waals surface area contributed by atoms with Crippen LogP contribution < -0.4 is 4.90 Å². The van der Waals surface area contributed by atoms with Crippen LogP contribution in [0.4, 0.5) is 17.1 Å².